The molecule has 0 saturated heterocycles. The van der Waals surface area contributed by atoms with Crippen LogP contribution in [0.25, 0.3) is 11.4 Å². The van der Waals surface area contributed by atoms with Gasteiger partial charge in [-0.2, -0.15) is 0 Å². The summed E-state index contributed by atoms with van der Waals surface area (Å²) in [7, 11) is 0. The average molecular weight is 459 g/mol. The summed E-state index contributed by atoms with van der Waals surface area (Å²) in [6.45, 7) is 0.464. The highest BCUT2D eigenvalue weighted by molar-refractivity contribution is 8.00. The first-order valence-electron chi connectivity index (χ1n) is 10.9. The zero-order valence-electron chi connectivity index (χ0n) is 17.9. The molecule has 0 unspecified atom stereocenters. The zero-order valence-corrected chi connectivity index (χ0v) is 18.7. The van der Waals surface area contributed by atoms with Gasteiger partial charge in [0.1, 0.15) is 11.1 Å². The molecule has 0 spiro atoms. The third-order valence-electron chi connectivity index (χ3n) is 5.50. The van der Waals surface area contributed by atoms with Crippen molar-refractivity contribution in [2.45, 2.75) is 35.8 Å². The number of nitrogens with zero attached hydrogens (tertiary/aromatic N) is 3. The van der Waals surface area contributed by atoms with Crippen LogP contribution in [0.5, 0.6) is 0 Å². The van der Waals surface area contributed by atoms with Gasteiger partial charge < -0.3 is 5.32 Å². The fourth-order valence-corrected chi connectivity index (χ4v) is 4.68. The highest BCUT2D eigenvalue weighted by Crippen LogP contribution is 2.37. The molecule has 7 heteroatoms. The number of halogens is 1. The fraction of sp³-hybridized carbons (Fsp3) is 0.192. The van der Waals surface area contributed by atoms with Gasteiger partial charge in [0.05, 0.1) is 12.1 Å². The lowest BCUT2D eigenvalue weighted by atomic mass is 10.1. The Balaban J connectivity index is 1.54. The smallest absolute Gasteiger partial charge is 0.238 e. The van der Waals surface area contributed by atoms with E-state index in [1.807, 2.05) is 65.2 Å². The summed E-state index contributed by atoms with van der Waals surface area (Å²) in [5.74, 6) is 0.0334. The molecule has 1 saturated carbocycles. The Labute approximate surface area is 196 Å². The molecule has 1 aliphatic rings. The first-order valence-corrected chi connectivity index (χ1v) is 11.8. The van der Waals surface area contributed by atoms with E-state index < -0.39 is 5.25 Å². The number of carbonyl (C=O) groups excluding carboxylic acids is 1. The van der Waals surface area contributed by atoms with E-state index in [4.69, 9.17) is 0 Å². The predicted molar refractivity (Wildman–Crippen MR) is 127 cm³/mol. The van der Waals surface area contributed by atoms with E-state index in [0.717, 1.165) is 24.0 Å². The summed E-state index contributed by atoms with van der Waals surface area (Å²) in [6.07, 6.45) is 2.03. The molecule has 3 aromatic carbocycles. The van der Waals surface area contributed by atoms with E-state index in [0.29, 0.717) is 23.1 Å². The van der Waals surface area contributed by atoms with Crippen molar-refractivity contribution in [2.24, 2.45) is 0 Å². The van der Waals surface area contributed by atoms with Crippen molar-refractivity contribution in [3.8, 4) is 11.4 Å². The molecular weight excluding hydrogens is 435 g/mol. The van der Waals surface area contributed by atoms with E-state index >= 15 is 0 Å². The number of rotatable bonds is 8. The SMILES string of the molecule is O=C(NC1CC1)[C@@H](Sc1nnc(-c2ccccc2F)n1Cc1ccccc1)c1ccccc1. The molecule has 1 amide bonds. The van der Waals surface area contributed by atoms with Crippen LogP contribution in [0, 0.1) is 5.82 Å². The van der Waals surface area contributed by atoms with Gasteiger partial charge in [-0.05, 0) is 36.1 Å². The van der Waals surface area contributed by atoms with Crippen LogP contribution in [-0.4, -0.2) is 26.7 Å². The summed E-state index contributed by atoms with van der Waals surface area (Å²) in [4.78, 5) is 13.1. The molecule has 1 aromatic heterocycles. The van der Waals surface area contributed by atoms with Crippen LogP contribution in [0.1, 0.15) is 29.2 Å². The van der Waals surface area contributed by atoms with Gasteiger partial charge in [-0.3, -0.25) is 9.36 Å². The third kappa shape index (κ3) is 4.98. The Morgan fingerprint density at radius 3 is 2.33 bits per heavy atom. The lowest BCUT2D eigenvalue weighted by molar-refractivity contribution is -0.120. The molecule has 1 heterocycles. The van der Waals surface area contributed by atoms with Crippen molar-refractivity contribution in [3.05, 3.63) is 102 Å². The van der Waals surface area contributed by atoms with Crippen molar-refractivity contribution in [1.82, 2.24) is 20.1 Å². The number of benzene rings is 3. The minimum absolute atomic E-state index is 0.0459. The number of carbonyl (C=O) groups is 1. The third-order valence-corrected chi connectivity index (χ3v) is 6.74. The second-order valence-corrected chi connectivity index (χ2v) is 9.12. The molecule has 0 radical (unpaired) electrons. The minimum atomic E-state index is -0.487. The molecule has 1 atom stereocenters. The molecule has 1 aliphatic carbocycles. The highest BCUT2D eigenvalue weighted by atomic mass is 32.2. The number of hydrogen-bond acceptors (Lipinski definition) is 4. The Morgan fingerprint density at radius 2 is 1.64 bits per heavy atom. The first-order chi connectivity index (χ1) is 16.2. The van der Waals surface area contributed by atoms with Crippen molar-refractivity contribution in [1.29, 1.82) is 0 Å². The van der Waals surface area contributed by atoms with Crippen molar-refractivity contribution in [3.63, 3.8) is 0 Å². The molecule has 166 valence electrons. The quantitative estimate of drug-likeness (QED) is 0.367. The van der Waals surface area contributed by atoms with Crippen LogP contribution >= 0.6 is 11.8 Å². The van der Waals surface area contributed by atoms with E-state index in [9.17, 15) is 9.18 Å². The molecule has 1 fully saturated rings. The molecular formula is C26H23FN4OS. The Kier molecular flexibility index (Phi) is 6.21. The van der Waals surface area contributed by atoms with Crippen molar-refractivity contribution >= 4 is 17.7 Å². The van der Waals surface area contributed by atoms with Gasteiger partial charge in [0, 0.05) is 6.04 Å². The fourth-order valence-electron chi connectivity index (χ4n) is 3.64. The number of hydrogen-bond donors (Lipinski definition) is 1. The number of aromatic nitrogens is 3. The van der Waals surface area contributed by atoms with Gasteiger partial charge in [-0.25, -0.2) is 4.39 Å². The minimum Gasteiger partial charge on any atom is -0.352 e. The van der Waals surface area contributed by atoms with Crippen LogP contribution in [0.2, 0.25) is 0 Å². The van der Waals surface area contributed by atoms with E-state index in [2.05, 4.69) is 15.5 Å². The largest absolute Gasteiger partial charge is 0.352 e. The molecule has 0 aliphatic heterocycles. The van der Waals surface area contributed by atoms with E-state index in [1.54, 1.807) is 18.2 Å². The maximum Gasteiger partial charge on any atom is 0.238 e. The number of amides is 1. The monoisotopic (exact) mass is 458 g/mol. The van der Waals surface area contributed by atoms with E-state index in [1.165, 1.54) is 17.8 Å². The standard InChI is InChI=1S/C26H23FN4OS/c27-22-14-8-7-13-21(22)24-29-30-26(31(24)17-18-9-3-1-4-10-18)33-23(19-11-5-2-6-12-19)25(32)28-20-15-16-20/h1-14,20,23H,15-17H2,(H,28,32)/t23-/m0/s1. The molecule has 1 N–H and O–H groups in total. The lowest BCUT2D eigenvalue weighted by Crippen LogP contribution is -2.30. The Bertz CT molecular complexity index is 1240. The van der Waals surface area contributed by atoms with Crippen LogP contribution in [0.3, 0.4) is 0 Å². The summed E-state index contributed by atoms with van der Waals surface area (Å²) in [5.41, 5.74) is 2.31. The topological polar surface area (TPSA) is 59.8 Å². The van der Waals surface area contributed by atoms with Gasteiger partial charge in [0.15, 0.2) is 11.0 Å². The second kappa shape index (κ2) is 9.58. The Hall–Kier alpha value is -3.45. The van der Waals surface area contributed by atoms with Crippen molar-refractivity contribution in [2.75, 3.05) is 0 Å². The van der Waals surface area contributed by atoms with Crippen LogP contribution in [-0.2, 0) is 11.3 Å². The van der Waals surface area contributed by atoms with Gasteiger partial charge >= 0.3 is 0 Å². The van der Waals surface area contributed by atoms with Crippen LogP contribution in [0.15, 0.2) is 90.1 Å². The van der Waals surface area contributed by atoms with Crippen molar-refractivity contribution < 1.29 is 9.18 Å². The summed E-state index contributed by atoms with van der Waals surface area (Å²) in [5, 5.41) is 11.9. The zero-order chi connectivity index (χ0) is 22.6. The van der Waals surface area contributed by atoms with Gasteiger partial charge in [-0.1, -0.05) is 84.6 Å². The maximum absolute atomic E-state index is 14.7. The molecule has 0 bridgehead atoms. The van der Waals surface area contributed by atoms with Gasteiger partial charge in [0.25, 0.3) is 0 Å². The summed E-state index contributed by atoms with van der Waals surface area (Å²) < 4.78 is 16.5. The number of nitrogens with one attached hydrogen (secondary N) is 1. The highest BCUT2D eigenvalue weighted by Gasteiger charge is 2.31. The average Bonchev–Trinajstić information content (AvgIpc) is 3.58. The second-order valence-electron chi connectivity index (χ2n) is 8.05. The molecule has 33 heavy (non-hydrogen) atoms. The molecule has 4 aromatic rings. The predicted octanol–water partition coefficient (Wildman–Crippen LogP) is 5.24. The molecule has 5 nitrogen and oxygen atoms in total. The normalized spacial score (nSPS) is 14.1. The lowest BCUT2D eigenvalue weighted by Gasteiger charge is -2.17. The first kappa shape index (κ1) is 21.4. The van der Waals surface area contributed by atoms with E-state index in [-0.39, 0.29) is 17.8 Å². The van der Waals surface area contributed by atoms with Crippen LogP contribution in [0.4, 0.5) is 4.39 Å². The van der Waals surface area contributed by atoms with Gasteiger partial charge in [-0.15, -0.1) is 10.2 Å². The van der Waals surface area contributed by atoms with Gasteiger partial charge in [0.2, 0.25) is 5.91 Å². The number of thioether (sulfide) groups is 1. The summed E-state index contributed by atoms with van der Waals surface area (Å²) in [6, 6.07) is 26.4. The molecule has 5 rings (SSSR count). The maximum atomic E-state index is 14.7. The Morgan fingerprint density at radius 1 is 0.970 bits per heavy atom. The summed E-state index contributed by atoms with van der Waals surface area (Å²) >= 11 is 1.34. The van der Waals surface area contributed by atoms with Crippen LogP contribution < -0.4 is 5.32 Å².